The number of amides is 1. The van der Waals surface area contributed by atoms with Crippen molar-refractivity contribution in [2.75, 3.05) is 18.8 Å². The molecule has 0 spiro atoms. The summed E-state index contributed by atoms with van der Waals surface area (Å²) in [6, 6.07) is -0.631. The molecular weight excluding hydrogens is 216 g/mol. The van der Waals surface area contributed by atoms with Crippen molar-refractivity contribution in [3.63, 3.8) is 0 Å². The Bertz CT molecular complexity index is 303. The van der Waals surface area contributed by atoms with Crippen molar-refractivity contribution in [2.45, 2.75) is 12.5 Å². The average Bonchev–Trinajstić information content (AvgIpc) is 2.36. The Morgan fingerprint density at radius 3 is 2.69 bits per heavy atom. The summed E-state index contributed by atoms with van der Waals surface area (Å²) >= 11 is 5.18. The monoisotopic (exact) mass is 226 g/mol. The second kappa shape index (κ2) is 3.81. The normalized spacial score (nSPS) is 24.0. The first-order valence-corrected chi connectivity index (χ1v) is 5.96. The first-order chi connectivity index (χ1) is 5.96. The zero-order valence-electron chi connectivity index (χ0n) is 7.16. The van der Waals surface area contributed by atoms with Crippen LogP contribution in [0.5, 0.6) is 0 Å². The van der Waals surface area contributed by atoms with Crippen LogP contribution >= 0.6 is 11.6 Å². The maximum Gasteiger partial charge on any atom is 0.240 e. The third-order valence-corrected chi connectivity index (χ3v) is 3.69. The van der Waals surface area contributed by atoms with Crippen LogP contribution in [0.25, 0.3) is 0 Å². The minimum absolute atomic E-state index is 0.200. The van der Waals surface area contributed by atoms with Gasteiger partial charge in [0.05, 0.1) is 0 Å². The summed E-state index contributed by atoms with van der Waals surface area (Å²) in [5.74, 6) is -0.200. The fourth-order valence-electron chi connectivity index (χ4n) is 1.18. The van der Waals surface area contributed by atoms with Gasteiger partial charge in [-0.05, 0) is 6.42 Å². The number of rotatable bonds is 3. The summed E-state index contributed by atoms with van der Waals surface area (Å²) in [5.41, 5.74) is 0. The van der Waals surface area contributed by atoms with Gasteiger partial charge in [-0.2, -0.15) is 0 Å². The zero-order chi connectivity index (χ0) is 10.1. The lowest BCUT2D eigenvalue weighted by atomic mass is 10.3. The van der Waals surface area contributed by atoms with Gasteiger partial charge >= 0.3 is 0 Å². The van der Waals surface area contributed by atoms with E-state index in [1.165, 1.54) is 4.90 Å². The lowest BCUT2D eigenvalue weighted by Gasteiger charge is -2.10. The van der Waals surface area contributed by atoms with Crippen LogP contribution in [0.2, 0.25) is 0 Å². The van der Waals surface area contributed by atoms with E-state index in [1.807, 2.05) is 0 Å². The number of nitrogens with one attached hydrogen (secondary N) is 1. The van der Waals surface area contributed by atoms with Crippen molar-refractivity contribution in [2.24, 2.45) is 0 Å². The van der Waals surface area contributed by atoms with Crippen LogP contribution in [0.3, 0.4) is 0 Å². The van der Waals surface area contributed by atoms with Crippen LogP contribution in [0.1, 0.15) is 6.42 Å². The molecule has 13 heavy (non-hydrogen) atoms. The lowest BCUT2D eigenvalue weighted by Crippen LogP contribution is -2.40. The number of hydrogen-bond donors (Lipinski definition) is 1. The molecule has 0 saturated carbocycles. The molecular formula is C6H11ClN2O3S. The minimum atomic E-state index is -3.49. The van der Waals surface area contributed by atoms with Crippen LogP contribution in [0, 0.1) is 0 Å². The van der Waals surface area contributed by atoms with E-state index in [-0.39, 0.29) is 5.91 Å². The molecule has 0 aromatic rings. The molecule has 1 atom stereocenters. The third kappa shape index (κ3) is 2.55. The van der Waals surface area contributed by atoms with Crippen LogP contribution < -0.4 is 4.72 Å². The van der Waals surface area contributed by atoms with Crippen LogP contribution in [0.4, 0.5) is 0 Å². The molecule has 5 nitrogen and oxygen atoms in total. The first kappa shape index (κ1) is 10.7. The Balaban J connectivity index is 2.62. The molecule has 0 aromatic carbocycles. The largest absolute Gasteiger partial charge is 0.344 e. The topological polar surface area (TPSA) is 66.5 Å². The summed E-state index contributed by atoms with van der Waals surface area (Å²) in [4.78, 5) is 12.7. The molecule has 1 aliphatic rings. The van der Waals surface area contributed by atoms with E-state index >= 15 is 0 Å². The number of likely N-dealkylation sites (N-methyl/N-ethyl adjacent to an activating group) is 1. The Morgan fingerprint density at radius 1 is 1.69 bits per heavy atom. The van der Waals surface area contributed by atoms with E-state index < -0.39 is 21.3 Å². The van der Waals surface area contributed by atoms with Gasteiger partial charge in [-0.15, -0.1) is 11.6 Å². The number of alkyl halides is 1. The highest BCUT2D eigenvalue weighted by Gasteiger charge is 2.31. The fourth-order valence-corrected chi connectivity index (χ4v) is 2.08. The molecule has 1 heterocycles. The highest BCUT2D eigenvalue weighted by Crippen LogP contribution is 2.09. The Hall–Kier alpha value is -0.330. The summed E-state index contributed by atoms with van der Waals surface area (Å²) in [5, 5.41) is -0.513. The summed E-state index contributed by atoms with van der Waals surface area (Å²) in [6.07, 6.45) is 0.505. The van der Waals surface area contributed by atoms with E-state index in [1.54, 1.807) is 7.05 Å². The predicted molar refractivity (Wildman–Crippen MR) is 48.8 cm³/mol. The molecule has 1 rings (SSSR count). The average molecular weight is 227 g/mol. The number of halogens is 1. The van der Waals surface area contributed by atoms with Gasteiger partial charge in [-0.3, -0.25) is 4.79 Å². The predicted octanol–water partition coefficient (Wildman–Crippen LogP) is -0.667. The SMILES string of the molecule is CN1CCC(NS(=O)(=O)CCl)C1=O. The van der Waals surface area contributed by atoms with Crippen molar-refractivity contribution in [1.82, 2.24) is 9.62 Å². The maximum absolute atomic E-state index is 11.3. The molecule has 76 valence electrons. The van der Waals surface area contributed by atoms with Gasteiger partial charge in [0.1, 0.15) is 11.3 Å². The Labute approximate surface area is 82.1 Å². The third-order valence-electron chi connectivity index (χ3n) is 1.89. The number of likely N-dealkylation sites (tertiary alicyclic amines) is 1. The van der Waals surface area contributed by atoms with Crippen LogP contribution in [-0.4, -0.2) is 44.1 Å². The smallest absolute Gasteiger partial charge is 0.240 e. The van der Waals surface area contributed by atoms with Gasteiger partial charge in [-0.1, -0.05) is 0 Å². The van der Waals surface area contributed by atoms with E-state index in [4.69, 9.17) is 11.6 Å². The summed E-state index contributed by atoms with van der Waals surface area (Å²) in [6.45, 7) is 0.578. The van der Waals surface area contributed by atoms with Crippen LogP contribution in [0.15, 0.2) is 0 Å². The molecule has 0 aliphatic carbocycles. The van der Waals surface area contributed by atoms with E-state index in [0.29, 0.717) is 13.0 Å². The molecule has 1 N–H and O–H groups in total. The van der Waals surface area contributed by atoms with Crippen molar-refractivity contribution in [3.05, 3.63) is 0 Å². The van der Waals surface area contributed by atoms with Gasteiger partial charge in [0.25, 0.3) is 0 Å². The number of sulfonamides is 1. The van der Waals surface area contributed by atoms with E-state index in [0.717, 1.165) is 0 Å². The molecule has 1 fully saturated rings. The fraction of sp³-hybridized carbons (Fsp3) is 0.833. The Morgan fingerprint density at radius 2 is 2.31 bits per heavy atom. The van der Waals surface area contributed by atoms with Gasteiger partial charge < -0.3 is 4.90 Å². The van der Waals surface area contributed by atoms with Gasteiger partial charge in [0, 0.05) is 13.6 Å². The second-order valence-corrected chi connectivity index (χ2v) is 5.28. The minimum Gasteiger partial charge on any atom is -0.344 e. The summed E-state index contributed by atoms with van der Waals surface area (Å²) < 4.78 is 24.2. The van der Waals surface area contributed by atoms with Gasteiger partial charge in [-0.25, -0.2) is 13.1 Å². The molecule has 1 aliphatic heterocycles. The van der Waals surface area contributed by atoms with E-state index in [9.17, 15) is 13.2 Å². The van der Waals surface area contributed by atoms with Crippen molar-refractivity contribution in [3.8, 4) is 0 Å². The quantitative estimate of drug-likeness (QED) is 0.650. The molecule has 1 amide bonds. The number of carbonyl (C=O) groups excluding carboxylic acids is 1. The molecule has 0 radical (unpaired) electrons. The maximum atomic E-state index is 11.3. The standard InChI is InChI=1S/C6H11ClN2O3S/c1-9-3-2-5(6(9)10)8-13(11,12)4-7/h5,8H,2-4H2,1H3. The number of hydrogen-bond acceptors (Lipinski definition) is 3. The molecule has 0 bridgehead atoms. The zero-order valence-corrected chi connectivity index (χ0v) is 8.73. The van der Waals surface area contributed by atoms with Gasteiger partial charge in [0.15, 0.2) is 0 Å². The number of nitrogens with zero attached hydrogens (tertiary/aromatic N) is 1. The van der Waals surface area contributed by atoms with E-state index in [2.05, 4.69) is 4.72 Å². The first-order valence-electron chi connectivity index (χ1n) is 3.77. The van der Waals surface area contributed by atoms with Crippen molar-refractivity contribution >= 4 is 27.5 Å². The van der Waals surface area contributed by atoms with Crippen LogP contribution in [-0.2, 0) is 14.8 Å². The van der Waals surface area contributed by atoms with Gasteiger partial charge in [0.2, 0.25) is 15.9 Å². The lowest BCUT2D eigenvalue weighted by molar-refractivity contribution is -0.127. The molecule has 0 aromatic heterocycles. The van der Waals surface area contributed by atoms with Crippen molar-refractivity contribution < 1.29 is 13.2 Å². The van der Waals surface area contributed by atoms with Crippen molar-refractivity contribution in [1.29, 1.82) is 0 Å². The molecule has 1 saturated heterocycles. The number of carbonyl (C=O) groups is 1. The molecule has 7 heteroatoms. The highest BCUT2D eigenvalue weighted by atomic mass is 35.5. The highest BCUT2D eigenvalue weighted by molar-refractivity contribution is 7.90. The Kier molecular flexibility index (Phi) is 3.15. The summed E-state index contributed by atoms with van der Waals surface area (Å²) in [7, 11) is -1.86. The second-order valence-electron chi connectivity index (χ2n) is 2.94. The molecule has 1 unspecified atom stereocenters.